The summed E-state index contributed by atoms with van der Waals surface area (Å²) in [5.41, 5.74) is 5.58. The number of primary amides is 1. The fourth-order valence-corrected chi connectivity index (χ4v) is 1.54. The molecule has 0 saturated carbocycles. The molecule has 1 rings (SSSR count). The molecule has 0 bridgehead atoms. The van der Waals surface area contributed by atoms with Crippen LogP contribution in [0.1, 0.15) is 30.6 Å². The third kappa shape index (κ3) is 4.72. The first kappa shape index (κ1) is 15.7. The maximum Gasteiger partial charge on any atom is 0.313 e. The molecule has 1 aromatic carbocycles. The lowest BCUT2D eigenvalue weighted by atomic mass is 10.1. The molecule has 0 aliphatic rings. The van der Waals surface area contributed by atoms with Gasteiger partial charge in [-0.25, -0.2) is 0 Å². The minimum Gasteiger partial charge on any atom is -0.366 e. The second-order valence-corrected chi connectivity index (χ2v) is 4.80. The zero-order chi connectivity index (χ0) is 15.1. The lowest BCUT2D eigenvalue weighted by Crippen LogP contribution is -2.36. The van der Waals surface area contributed by atoms with Crippen molar-refractivity contribution in [3.63, 3.8) is 0 Å². The Morgan fingerprint density at radius 2 is 1.80 bits per heavy atom. The normalized spacial score (nSPS) is 10.2. The van der Waals surface area contributed by atoms with Gasteiger partial charge in [0.2, 0.25) is 0 Å². The van der Waals surface area contributed by atoms with E-state index in [-0.39, 0.29) is 11.3 Å². The van der Waals surface area contributed by atoms with Gasteiger partial charge in [-0.2, -0.15) is 0 Å². The zero-order valence-electron chi connectivity index (χ0n) is 11.6. The van der Waals surface area contributed by atoms with E-state index >= 15 is 0 Å². The average molecular weight is 277 g/mol. The summed E-state index contributed by atoms with van der Waals surface area (Å²) in [7, 11) is 0. The second kappa shape index (κ2) is 7.28. The van der Waals surface area contributed by atoms with E-state index in [0.29, 0.717) is 12.5 Å². The molecule has 3 amide bonds. The average Bonchev–Trinajstić information content (AvgIpc) is 2.38. The number of nitrogens with two attached hydrogens (primary N) is 1. The topological polar surface area (TPSA) is 101 Å². The summed E-state index contributed by atoms with van der Waals surface area (Å²) < 4.78 is 0. The number of carbonyl (C=O) groups is 3. The van der Waals surface area contributed by atoms with Gasteiger partial charge in [0.05, 0.1) is 11.3 Å². The summed E-state index contributed by atoms with van der Waals surface area (Å²) in [6, 6.07) is 6.26. The van der Waals surface area contributed by atoms with Crippen LogP contribution < -0.4 is 16.4 Å². The monoisotopic (exact) mass is 277 g/mol. The van der Waals surface area contributed by atoms with Crippen LogP contribution in [0.2, 0.25) is 0 Å². The lowest BCUT2D eigenvalue weighted by molar-refractivity contribution is -0.136. The maximum absolute atomic E-state index is 11.7. The third-order valence-corrected chi connectivity index (χ3v) is 2.65. The van der Waals surface area contributed by atoms with Gasteiger partial charge in [-0.3, -0.25) is 14.4 Å². The van der Waals surface area contributed by atoms with E-state index in [4.69, 9.17) is 5.73 Å². The smallest absolute Gasteiger partial charge is 0.313 e. The number of nitrogens with one attached hydrogen (secondary N) is 2. The van der Waals surface area contributed by atoms with E-state index in [2.05, 4.69) is 10.6 Å². The van der Waals surface area contributed by atoms with Crippen LogP contribution in [0.25, 0.3) is 0 Å². The number of hydrogen-bond acceptors (Lipinski definition) is 3. The van der Waals surface area contributed by atoms with Crippen LogP contribution in [-0.4, -0.2) is 24.3 Å². The summed E-state index contributed by atoms with van der Waals surface area (Å²) in [6.07, 6.45) is 0.789. The van der Waals surface area contributed by atoms with E-state index in [0.717, 1.165) is 6.42 Å². The van der Waals surface area contributed by atoms with Crippen molar-refractivity contribution in [1.29, 1.82) is 0 Å². The molecular formula is C14H19N3O3. The van der Waals surface area contributed by atoms with Crippen LogP contribution in [0.3, 0.4) is 0 Å². The first-order valence-corrected chi connectivity index (χ1v) is 6.39. The van der Waals surface area contributed by atoms with Crippen LogP contribution >= 0.6 is 0 Å². The summed E-state index contributed by atoms with van der Waals surface area (Å²) in [5, 5.41) is 4.89. The van der Waals surface area contributed by atoms with Crippen molar-refractivity contribution in [2.24, 2.45) is 11.7 Å². The molecule has 0 aromatic heterocycles. The molecule has 6 heteroatoms. The molecule has 4 N–H and O–H groups in total. The maximum atomic E-state index is 11.7. The van der Waals surface area contributed by atoms with E-state index in [1.165, 1.54) is 12.1 Å². The summed E-state index contributed by atoms with van der Waals surface area (Å²) in [5.74, 6) is -1.78. The molecule has 0 aliphatic heterocycles. The number of para-hydroxylation sites is 1. The minimum atomic E-state index is -0.817. The fraction of sp³-hybridized carbons (Fsp3) is 0.357. The standard InChI is InChI=1S/C14H19N3O3/c1-9(2)7-8-16-13(19)14(20)17-11-6-4-3-5-10(11)12(15)18/h3-6,9H,7-8H2,1-2H3,(H2,15,18)(H,16,19)(H,17,20). The molecule has 0 radical (unpaired) electrons. The SMILES string of the molecule is CC(C)CCNC(=O)C(=O)Nc1ccccc1C(N)=O. The van der Waals surface area contributed by atoms with Gasteiger partial charge in [-0.15, -0.1) is 0 Å². The third-order valence-electron chi connectivity index (χ3n) is 2.65. The molecule has 0 unspecified atom stereocenters. The number of rotatable bonds is 5. The Balaban J connectivity index is 2.62. The Hall–Kier alpha value is -2.37. The number of anilines is 1. The number of hydrogen-bond donors (Lipinski definition) is 3. The highest BCUT2D eigenvalue weighted by molar-refractivity contribution is 6.40. The number of carbonyl (C=O) groups excluding carboxylic acids is 3. The molecule has 1 aromatic rings. The largest absolute Gasteiger partial charge is 0.366 e. The zero-order valence-corrected chi connectivity index (χ0v) is 11.6. The van der Waals surface area contributed by atoms with Gasteiger partial charge in [0, 0.05) is 6.54 Å². The van der Waals surface area contributed by atoms with Crippen LogP contribution in [-0.2, 0) is 9.59 Å². The van der Waals surface area contributed by atoms with E-state index in [1.807, 2.05) is 13.8 Å². The Morgan fingerprint density at radius 1 is 1.15 bits per heavy atom. The molecule has 6 nitrogen and oxygen atoms in total. The van der Waals surface area contributed by atoms with Crippen molar-refractivity contribution in [1.82, 2.24) is 5.32 Å². The van der Waals surface area contributed by atoms with Crippen LogP contribution in [0.5, 0.6) is 0 Å². The Kier molecular flexibility index (Phi) is 5.71. The van der Waals surface area contributed by atoms with Crippen LogP contribution in [0.4, 0.5) is 5.69 Å². The van der Waals surface area contributed by atoms with Gasteiger partial charge < -0.3 is 16.4 Å². The van der Waals surface area contributed by atoms with Gasteiger partial charge in [-0.05, 0) is 24.5 Å². The van der Waals surface area contributed by atoms with Gasteiger partial charge in [-0.1, -0.05) is 26.0 Å². The highest BCUT2D eigenvalue weighted by Crippen LogP contribution is 2.13. The Bertz CT molecular complexity index is 512. The molecule has 0 saturated heterocycles. The van der Waals surface area contributed by atoms with Crippen LogP contribution in [0, 0.1) is 5.92 Å². The molecule has 0 aliphatic carbocycles. The first-order chi connectivity index (χ1) is 9.41. The number of benzene rings is 1. The predicted molar refractivity (Wildman–Crippen MR) is 76.1 cm³/mol. The molecule has 0 atom stereocenters. The van der Waals surface area contributed by atoms with E-state index < -0.39 is 17.7 Å². The van der Waals surface area contributed by atoms with E-state index in [1.54, 1.807) is 12.1 Å². The van der Waals surface area contributed by atoms with Crippen molar-refractivity contribution in [3.8, 4) is 0 Å². The van der Waals surface area contributed by atoms with Gasteiger partial charge in [0.15, 0.2) is 0 Å². The minimum absolute atomic E-state index is 0.163. The second-order valence-electron chi connectivity index (χ2n) is 4.80. The lowest BCUT2D eigenvalue weighted by Gasteiger charge is -2.09. The van der Waals surface area contributed by atoms with Crippen molar-refractivity contribution in [3.05, 3.63) is 29.8 Å². The van der Waals surface area contributed by atoms with Gasteiger partial charge in [0.25, 0.3) is 5.91 Å². The van der Waals surface area contributed by atoms with Crippen molar-refractivity contribution >= 4 is 23.4 Å². The molecule has 20 heavy (non-hydrogen) atoms. The Morgan fingerprint density at radius 3 is 2.40 bits per heavy atom. The highest BCUT2D eigenvalue weighted by atomic mass is 16.2. The Labute approximate surface area is 117 Å². The molecule has 108 valence electrons. The number of amides is 3. The fourth-order valence-electron chi connectivity index (χ4n) is 1.54. The summed E-state index contributed by atoms with van der Waals surface area (Å²) >= 11 is 0. The molecule has 0 heterocycles. The van der Waals surface area contributed by atoms with E-state index in [9.17, 15) is 14.4 Å². The molecular weight excluding hydrogens is 258 g/mol. The van der Waals surface area contributed by atoms with Crippen molar-refractivity contribution in [2.75, 3.05) is 11.9 Å². The van der Waals surface area contributed by atoms with Gasteiger partial charge in [0.1, 0.15) is 0 Å². The quantitative estimate of drug-likeness (QED) is 0.696. The molecule has 0 spiro atoms. The predicted octanol–water partition coefficient (Wildman–Crippen LogP) is 0.886. The van der Waals surface area contributed by atoms with Crippen molar-refractivity contribution < 1.29 is 14.4 Å². The first-order valence-electron chi connectivity index (χ1n) is 6.39. The van der Waals surface area contributed by atoms with Gasteiger partial charge >= 0.3 is 11.8 Å². The van der Waals surface area contributed by atoms with Crippen molar-refractivity contribution in [2.45, 2.75) is 20.3 Å². The van der Waals surface area contributed by atoms with Crippen LogP contribution in [0.15, 0.2) is 24.3 Å². The highest BCUT2D eigenvalue weighted by Gasteiger charge is 2.16. The summed E-state index contributed by atoms with van der Waals surface area (Å²) in [4.78, 5) is 34.4. The molecule has 0 fully saturated rings. The summed E-state index contributed by atoms with van der Waals surface area (Å²) in [6.45, 7) is 4.48.